The predicted octanol–water partition coefficient (Wildman–Crippen LogP) is 1.93. The second-order valence-corrected chi connectivity index (χ2v) is 10.0. The lowest BCUT2D eigenvalue weighted by Gasteiger charge is -2.42. The van der Waals surface area contributed by atoms with Gasteiger partial charge in [-0.25, -0.2) is 0 Å². The van der Waals surface area contributed by atoms with E-state index in [0.717, 1.165) is 57.6 Å². The average Bonchev–Trinajstić information content (AvgIpc) is 2.82. The average molecular weight is 468 g/mol. The summed E-state index contributed by atoms with van der Waals surface area (Å²) in [5.74, 6) is -0.173. The lowest BCUT2D eigenvalue weighted by atomic mass is 9.74. The molecule has 0 aromatic carbocycles. The Morgan fingerprint density at radius 2 is 2.00 bits per heavy atom. The molecule has 2 atom stereocenters. The Morgan fingerprint density at radius 3 is 2.74 bits per heavy atom. The molecule has 2 fully saturated rings. The number of rotatable bonds is 2. The standard InChI is InChI=1S/C26H37N5O3/c1-19-7-5-13-27-22(19)18-30-15-11-26(12-16-30)10-4-3-9-23-21(8-6-14-31(23)20(2)32)29-24(33)17-28-25(26)34/h3-5,7,13,21,23H,6,8-12,14-18H2,1-2H3,(H,28,34)(H,29,33)/b4-3+/t21-,23-/m1/s1. The van der Waals surface area contributed by atoms with E-state index in [0.29, 0.717) is 12.8 Å². The highest BCUT2D eigenvalue weighted by Crippen LogP contribution is 2.37. The number of nitrogens with one attached hydrogen (secondary N) is 2. The second kappa shape index (κ2) is 10.7. The monoisotopic (exact) mass is 467 g/mol. The molecule has 8 nitrogen and oxygen atoms in total. The van der Waals surface area contributed by atoms with Crippen LogP contribution in [0.4, 0.5) is 0 Å². The summed E-state index contributed by atoms with van der Waals surface area (Å²) in [6.07, 6.45) is 10.6. The molecule has 0 unspecified atom stereocenters. The van der Waals surface area contributed by atoms with Crippen molar-refractivity contribution in [3.05, 3.63) is 41.7 Å². The molecule has 0 saturated carbocycles. The van der Waals surface area contributed by atoms with Crippen molar-refractivity contribution < 1.29 is 14.4 Å². The van der Waals surface area contributed by atoms with E-state index < -0.39 is 5.41 Å². The molecule has 3 amide bonds. The van der Waals surface area contributed by atoms with Gasteiger partial charge >= 0.3 is 0 Å². The first-order valence-electron chi connectivity index (χ1n) is 12.5. The van der Waals surface area contributed by atoms with Gasteiger partial charge in [-0.15, -0.1) is 0 Å². The molecule has 1 aromatic heterocycles. The summed E-state index contributed by atoms with van der Waals surface area (Å²) in [6, 6.07) is 3.90. The topological polar surface area (TPSA) is 94.6 Å². The Kier molecular flexibility index (Phi) is 7.66. The van der Waals surface area contributed by atoms with Crippen LogP contribution in [-0.2, 0) is 20.9 Å². The van der Waals surface area contributed by atoms with Crippen LogP contribution >= 0.6 is 0 Å². The smallest absolute Gasteiger partial charge is 0.239 e. The molecule has 184 valence electrons. The minimum atomic E-state index is -0.516. The van der Waals surface area contributed by atoms with E-state index in [9.17, 15) is 14.4 Å². The van der Waals surface area contributed by atoms with Crippen LogP contribution in [0, 0.1) is 12.3 Å². The number of aryl methyl sites for hydroxylation is 1. The van der Waals surface area contributed by atoms with E-state index in [1.54, 1.807) is 6.92 Å². The Morgan fingerprint density at radius 1 is 1.21 bits per heavy atom. The number of carbonyl (C=O) groups is 3. The molecule has 34 heavy (non-hydrogen) atoms. The quantitative estimate of drug-likeness (QED) is 0.649. The predicted molar refractivity (Wildman–Crippen MR) is 130 cm³/mol. The van der Waals surface area contributed by atoms with Crippen molar-refractivity contribution in [2.45, 2.75) is 71.0 Å². The lowest BCUT2D eigenvalue weighted by Crippen LogP contribution is -2.58. The molecule has 0 radical (unpaired) electrons. The van der Waals surface area contributed by atoms with E-state index in [1.165, 1.54) is 5.56 Å². The maximum atomic E-state index is 13.3. The van der Waals surface area contributed by atoms with Gasteiger partial charge in [-0.1, -0.05) is 18.2 Å². The van der Waals surface area contributed by atoms with Gasteiger partial charge in [0.2, 0.25) is 17.7 Å². The van der Waals surface area contributed by atoms with Gasteiger partial charge in [0.25, 0.3) is 0 Å². The van der Waals surface area contributed by atoms with Crippen LogP contribution in [0.5, 0.6) is 0 Å². The van der Waals surface area contributed by atoms with Gasteiger partial charge in [-0.05, 0) is 70.2 Å². The summed E-state index contributed by atoms with van der Waals surface area (Å²) < 4.78 is 0. The van der Waals surface area contributed by atoms with Crippen LogP contribution < -0.4 is 10.6 Å². The van der Waals surface area contributed by atoms with Crippen molar-refractivity contribution in [1.82, 2.24) is 25.4 Å². The molecule has 4 rings (SSSR count). The van der Waals surface area contributed by atoms with Crippen LogP contribution in [-0.4, -0.2) is 70.8 Å². The van der Waals surface area contributed by atoms with E-state index in [1.807, 2.05) is 17.2 Å². The Hall–Kier alpha value is -2.74. The van der Waals surface area contributed by atoms with Crippen molar-refractivity contribution >= 4 is 17.7 Å². The van der Waals surface area contributed by atoms with E-state index in [-0.39, 0.29) is 36.3 Å². The highest BCUT2D eigenvalue weighted by atomic mass is 16.2. The van der Waals surface area contributed by atoms with Crippen molar-refractivity contribution in [2.75, 3.05) is 26.2 Å². The summed E-state index contributed by atoms with van der Waals surface area (Å²) in [7, 11) is 0. The van der Waals surface area contributed by atoms with Crippen LogP contribution in [0.3, 0.4) is 0 Å². The minimum absolute atomic E-state index is 0.0234. The molecule has 3 aliphatic heterocycles. The molecule has 0 aliphatic carbocycles. The molecule has 0 bridgehead atoms. The first kappa shape index (κ1) is 24.4. The zero-order chi connectivity index (χ0) is 24.1. The number of allylic oxidation sites excluding steroid dienone is 1. The van der Waals surface area contributed by atoms with Crippen molar-refractivity contribution in [3.63, 3.8) is 0 Å². The SMILES string of the molecule is CC(=O)N1CCC[C@H]2NC(=O)CNC(=O)C3(C/C=C/C[C@H]21)CCN(Cc1ncccc1C)CC3. The Bertz CT molecular complexity index is 938. The van der Waals surface area contributed by atoms with Crippen LogP contribution in [0.15, 0.2) is 30.5 Å². The van der Waals surface area contributed by atoms with Crippen LogP contribution in [0.1, 0.15) is 56.7 Å². The number of hydrogen-bond acceptors (Lipinski definition) is 5. The number of fused-ring (bicyclic) bond motifs is 1. The van der Waals surface area contributed by atoms with Crippen molar-refractivity contribution in [2.24, 2.45) is 5.41 Å². The largest absolute Gasteiger partial charge is 0.350 e. The third-order valence-corrected chi connectivity index (χ3v) is 7.78. The molecule has 8 heteroatoms. The van der Waals surface area contributed by atoms with Gasteiger partial charge in [0.15, 0.2) is 0 Å². The fraction of sp³-hybridized carbons (Fsp3) is 0.615. The number of piperidine rings is 2. The molecule has 3 aliphatic rings. The van der Waals surface area contributed by atoms with E-state index in [2.05, 4.69) is 45.7 Å². The number of likely N-dealkylation sites (tertiary alicyclic amines) is 2. The molecule has 4 heterocycles. The number of pyridine rings is 1. The highest BCUT2D eigenvalue weighted by molar-refractivity contribution is 5.88. The van der Waals surface area contributed by atoms with E-state index >= 15 is 0 Å². The normalized spacial score (nSPS) is 27.1. The molecule has 1 spiro atoms. The highest BCUT2D eigenvalue weighted by Gasteiger charge is 2.41. The summed E-state index contributed by atoms with van der Waals surface area (Å²) >= 11 is 0. The third kappa shape index (κ3) is 5.49. The molecule has 1 aromatic rings. The molecule has 2 saturated heterocycles. The van der Waals surface area contributed by atoms with Gasteiger partial charge in [0.1, 0.15) is 0 Å². The first-order chi connectivity index (χ1) is 16.4. The Balaban J connectivity index is 1.46. The summed E-state index contributed by atoms with van der Waals surface area (Å²) in [5.41, 5.74) is 1.74. The summed E-state index contributed by atoms with van der Waals surface area (Å²) in [4.78, 5) is 46.9. The van der Waals surface area contributed by atoms with Gasteiger partial charge < -0.3 is 15.5 Å². The van der Waals surface area contributed by atoms with Gasteiger partial charge in [0.05, 0.1) is 23.7 Å². The number of amides is 3. The fourth-order valence-corrected chi connectivity index (χ4v) is 5.62. The number of carbonyl (C=O) groups excluding carboxylic acids is 3. The maximum absolute atomic E-state index is 13.3. The van der Waals surface area contributed by atoms with Crippen molar-refractivity contribution in [1.29, 1.82) is 0 Å². The molecule has 2 N–H and O–H groups in total. The zero-order valence-corrected chi connectivity index (χ0v) is 20.4. The number of hydrogen-bond donors (Lipinski definition) is 2. The van der Waals surface area contributed by atoms with Crippen molar-refractivity contribution in [3.8, 4) is 0 Å². The first-order valence-corrected chi connectivity index (χ1v) is 12.5. The summed E-state index contributed by atoms with van der Waals surface area (Å²) in [6.45, 7) is 6.79. The molecular formula is C26H37N5O3. The molecular weight excluding hydrogens is 430 g/mol. The number of aromatic nitrogens is 1. The fourth-order valence-electron chi connectivity index (χ4n) is 5.62. The van der Waals surface area contributed by atoms with Gasteiger partial charge in [0, 0.05) is 32.3 Å². The minimum Gasteiger partial charge on any atom is -0.350 e. The van der Waals surface area contributed by atoms with Gasteiger partial charge in [-0.2, -0.15) is 0 Å². The van der Waals surface area contributed by atoms with Crippen LogP contribution in [0.2, 0.25) is 0 Å². The summed E-state index contributed by atoms with van der Waals surface area (Å²) in [5, 5.41) is 5.99. The lowest BCUT2D eigenvalue weighted by molar-refractivity contribution is -0.136. The third-order valence-electron chi connectivity index (χ3n) is 7.78. The zero-order valence-electron chi connectivity index (χ0n) is 20.4. The van der Waals surface area contributed by atoms with Gasteiger partial charge in [-0.3, -0.25) is 24.3 Å². The van der Waals surface area contributed by atoms with Crippen LogP contribution in [0.25, 0.3) is 0 Å². The Labute approximate surface area is 202 Å². The maximum Gasteiger partial charge on any atom is 0.239 e. The second-order valence-electron chi connectivity index (χ2n) is 10.0. The van der Waals surface area contributed by atoms with E-state index in [4.69, 9.17) is 0 Å². The number of nitrogens with zero attached hydrogens (tertiary/aromatic N) is 3.